The predicted molar refractivity (Wildman–Crippen MR) is 101 cm³/mol. The summed E-state index contributed by atoms with van der Waals surface area (Å²) in [4.78, 5) is 0. The van der Waals surface area contributed by atoms with E-state index in [-0.39, 0.29) is 18.8 Å². The molecule has 0 N–H and O–H groups in total. The minimum Gasteiger partial charge on any atom is -0.207 e. The number of unbranched alkanes of at least 4 members (excludes halogenated alkanes) is 2. The van der Waals surface area contributed by atoms with Gasteiger partial charge in [0.25, 0.3) is 0 Å². The molecular formula is C23H28F2. The van der Waals surface area contributed by atoms with Crippen LogP contribution in [0.25, 0.3) is 11.1 Å². The minimum atomic E-state index is -2.49. The van der Waals surface area contributed by atoms with E-state index >= 15 is 0 Å². The molecule has 25 heavy (non-hydrogen) atoms. The lowest BCUT2D eigenvalue weighted by atomic mass is 9.81. The van der Waals surface area contributed by atoms with Gasteiger partial charge in [0.15, 0.2) is 0 Å². The van der Waals surface area contributed by atoms with Crippen LogP contribution in [0.5, 0.6) is 0 Å². The molecule has 1 aliphatic carbocycles. The van der Waals surface area contributed by atoms with Gasteiger partial charge in [-0.25, -0.2) is 8.78 Å². The number of rotatable bonds is 6. The molecule has 1 fully saturated rings. The van der Waals surface area contributed by atoms with Gasteiger partial charge in [0.2, 0.25) is 5.92 Å². The first-order valence-electron chi connectivity index (χ1n) is 9.64. The van der Waals surface area contributed by atoms with Gasteiger partial charge in [0.05, 0.1) is 0 Å². The highest BCUT2D eigenvalue weighted by Gasteiger charge is 2.36. The van der Waals surface area contributed by atoms with Crippen molar-refractivity contribution in [3.63, 3.8) is 0 Å². The fraction of sp³-hybridized carbons (Fsp3) is 0.478. The van der Waals surface area contributed by atoms with Crippen molar-refractivity contribution in [1.82, 2.24) is 0 Å². The second-order valence-corrected chi connectivity index (χ2v) is 7.43. The van der Waals surface area contributed by atoms with Crippen LogP contribution < -0.4 is 0 Å². The largest absolute Gasteiger partial charge is 0.248 e. The summed E-state index contributed by atoms with van der Waals surface area (Å²) in [6.45, 7) is 2.22. The maximum Gasteiger partial charge on any atom is 0.248 e. The Morgan fingerprint density at radius 3 is 2.16 bits per heavy atom. The Hall–Kier alpha value is -1.70. The zero-order valence-corrected chi connectivity index (χ0v) is 15.1. The van der Waals surface area contributed by atoms with Gasteiger partial charge in [-0.15, -0.1) is 0 Å². The van der Waals surface area contributed by atoms with Gasteiger partial charge >= 0.3 is 0 Å². The molecule has 1 unspecified atom stereocenters. The van der Waals surface area contributed by atoms with Gasteiger partial charge in [-0.05, 0) is 53.9 Å². The van der Waals surface area contributed by atoms with Gasteiger partial charge in [-0.2, -0.15) is 0 Å². The van der Waals surface area contributed by atoms with Gasteiger partial charge in [0.1, 0.15) is 0 Å². The van der Waals surface area contributed by atoms with Gasteiger partial charge in [-0.3, -0.25) is 0 Å². The van der Waals surface area contributed by atoms with Crippen molar-refractivity contribution in [1.29, 1.82) is 0 Å². The highest BCUT2D eigenvalue weighted by atomic mass is 19.3. The first-order chi connectivity index (χ1) is 12.1. The highest BCUT2D eigenvalue weighted by Crippen LogP contribution is 2.41. The van der Waals surface area contributed by atoms with Crippen LogP contribution in [0.4, 0.5) is 8.78 Å². The number of alkyl halides is 2. The van der Waals surface area contributed by atoms with Crippen molar-refractivity contribution < 1.29 is 8.78 Å². The van der Waals surface area contributed by atoms with Crippen LogP contribution in [0.15, 0.2) is 48.5 Å². The Kier molecular flexibility index (Phi) is 5.88. The number of aryl methyl sites for hydroxylation is 1. The first kappa shape index (κ1) is 18.1. The minimum absolute atomic E-state index is 0.00117. The third-order valence-electron chi connectivity index (χ3n) is 5.38. The van der Waals surface area contributed by atoms with Crippen molar-refractivity contribution in [3.8, 4) is 11.1 Å². The Morgan fingerprint density at radius 2 is 1.56 bits per heavy atom. The van der Waals surface area contributed by atoms with Crippen LogP contribution in [0.2, 0.25) is 0 Å². The van der Waals surface area contributed by atoms with E-state index in [2.05, 4.69) is 43.3 Å². The predicted octanol–water partition coefficient (Wildman–Crippen LogP) is 7.38. The molecule has 0 heterocycles. The van der Waals surface area contributed by atoms with Gasteiger partial charge in [0, 0.05) is 12.8 Å². The number of benzene rings is 2. The Balaban J connectivity index is 1.66. The van der Waals surface area contributed by atoms with E-state index in [4.69, 9.17) is 0 Å². The quantitative estimate of drug-likeness (QED) is 0.480. The molecule has 1 aliphatic rings. The average molecular weight is 342 g/mol. The lowest BCUT2D eigenvalue weighted by Gasteiger charge is -2.29. The molecule has 0 amide bonds. The smallest absolute Gasteiger partial charge is 0.207 e. The molecule has 0 saturated heterocycles. The summed E-state index contributed by atoms with van der Waals surface area (Å²) >= 11 is 0. The molecule has 0 aromatic heterocycles. The summed E-state index contributed by atoms with van der Waals surface area (Å²) in [7, 11) is 0. The van der Waals surface area contributed by atoms with E-state index in [1.54, 1.807) is 0 Å². The van der Waals surface area contributed by atoms with E-state index in [1.807, 2.05) is 12.1 Å². The van der Waals surface area contributed by atoms with Gasteiger partial charge in [-0.1, -0.05) is 68.3 Å². The van der Waals surface area contributed by atoms with Crippen LogP contribution in [-0.2, 0) is 6.42 Å². The monoisotopic (exact) mass is 342 g/mol. The van der Waals surface area contributed by atoms with Crippen molar-refractivity contribution in [2.75, 3.05) is 0 Å². The number of halogens is 2. The van der Waals surface area contributed by atoms with Crippen LogP contribution in [0.3, 0.4) is 0 Å². The van der Waals surface area contributed by atoms with Crippen LogP contribution in [0.1, 0.15) is 68.9 Å². The van der Waals surface area contributed by atoms with E-state index in [0.29, 0.717) is 6.42 Å². The summed E-state index contributed by atoms with van der Waals surface area (Å²) in [5, 5.41) is 0. The summed E-state index contributed by atoms with van der Waals surface area (Å²) in [6, 6.07) is 17.0. The second kappa shape index (κ2) is 8.12. The number of hydrogen-bond donors (Lipinski definition) is 0. The standard InChI is InChI=1S/C23H28F2/c1-2-3-4-6-18-8-10-19(11-9-18)20-12-14-21(15-13-20)22-7-5-16-23(24,25)17-22/h8-15,22H,2-7,16-17H2,1H3. The van der Waals surface area contributed by atoms with Crippen LogP contribution >= 0.6 is 0 Å². The summed E-state index contributed by atoms with van der Waals surface area (Å²) in [5.74, 6) is -2.49. The fourth-order valence-corrected chi connectivity index (χ4v) is 3.85. The highest BCUT2D eigenvalue weighted by molar-refractivity contribution is 5.64. The number of hydrogen-bond acceptors (Lipinski definition) is 0. The molecule has 0 nitrogen and oxygen atoms in total. The molecular weight excluding hydrogens is 314 g/mol. The summed E-state index contributed by atoms with van der Waals surface area (Å²) in [5.41, 5.74) is 4.80. The van der Waals surface area contributed by atoms with Crippen molar-refractivity contribution >= 4 is 0 Å². The Labute approximate surface area is 150 Å². The molecule has 2 heteroatoms. The van der Waals surface area contributed by atoms with Crippen LogP contribution in [0, 0.1) is 0 Å². The molecule has 2 aromatic rings. The lowest BCUT2D eigenvalue weighted by Crippen LogP contribution is -2.24. The van der Waals surface area contributed by atoms with E-state index < -0.39 is 5.92 Å². The topological polar surface area (TPSA) is 0 Å². The van der Waals surface area contributed by atoms with Crippen LogP contribution in [-0.4, -0.2) is 5.92 Å². The van der Waals surface area contributed by atoms with E-state index in [0.717, 1.165) is 24.0 Å². The molecule has 3 rings (SSSR count). The normalized spacial score (nSPS) is 19.7. The average Bonchev–Trinajstić information content (AvgIpc) is 2.62. The third kappa shape index (κ3) is 4.90. The fourth-order valence-electron chi connectivity index (χ4n) is 3.85. The van der Waals surface area contributed by atoms with E-state index in [9.17, 15) is 8.78 Å². The molecule has 1 atom stereocenters. The second-order valence-electron chi connectivity index (χ2n) is 7.43. The van der Waals surface area contributed by atoms with Crippen molar-refractivity contribution in [3.05, 3.63) is 59.7 Å². The molecule has 2 aromatic carbocycles. The molecule has 0 aliphatic heterocycles. The lowest BCUT2D eigenvalue weighted by molar-refractivity contribution is -0.0408. The maximum absolute atomic E-state index is 13.6. The molecule has 0 bridgehead atoms. The Morgan fingerprint density at radius 1 is 0.920 bits per heavy atom. The van der Waals surface area contributed by atoms with Gasteiger partial charge < -0.3 is 0 Å². The molecule has 1 saturated carbocycles. The Bertz CT molecular complexity index is 655. The maximum atomic E-state index is 13.6. The zero-order valence-electron chi connectivity index (χ0n) is 15.1. The zero-order chi connectivity index (χ0) is 17.7. The van der Waals surface area contributed by atoms with Crippen molar-refractivity contribution in [2.24, 2.45) is 0 Å². The van der Waals surface area contributed by atoms with E-state index in [1.165, 1.54) is 30.4 Å². The SMILES string of the molecule is CCCCCc1ccc(-c2ccc(C3CCCC(F)(F)C3)cc2)cc1. The molecule has 0 radical (unpaired) electrons. The van der Waals surface area contributed by atoms with Crippen molar-refractivity contribution in [2.45, 2.75) is 70.1 Å². The summed E-state index contributed by atoms with van der Waals surface area (Å²) in [6.07, 6.45) is 6.46. The first-order valence-corrected chi connectivity index (χ1v) is 9.64. The third-order valence-corrected chi connectivity index (χ3v) is 5.38. The summed E-state index contributed by atoms with van der Waals surface area (Å²) < 4.78 is 27.3. The molecule has 134 valence electrons. The molecule has 0 spiro atoms.